The number of anilines is 1. The summed E-state index contributed by atoms with van der Waals surface area (Å²) in [5, 5.41) is 9.21. The van der Waals surface area contributed by atoms with Crippen molar-refractivity contribution in [3.8, 4) is 0 Å². The average molecular weight is 442 g/mol. The maximum absolute atomic E-state index is 15.0. The minimum atomic E-state index is -3.98. The zero-order chi connectivity index (χ0) is 22.1. The van der Waals surface area contributed by atoms with E-state index in [1.807, 2.05) is 0 Å². The van der Waals surface area contributed by atoms with Crippen molar-refractivity contribution >= 4 is 15.7 Å². The van der Waals surface area contributed by atoms with Gasteiger partial charge >= 0.3 is 0 Å². The number of benzene rings is 1. The Kier molecular flexibility index (Phi) is 6.30. The molecule has 0 unspecified atom stereocenters. The zero-order valence-corrected chi connectivity index (χ0v) is 17.6. The number of aliphatic hydroxyl groups excluding tert-OH is 1. The highest BCUT2D eigenvalue weighted by Gasteiger charge is 2.54. The van der Waals surface area contributed by atoms with Gasteiger partial charge in [-0.1, -0.05) is 12.1 Å². The lowest BCUT2D eigenvalue weighted by molar-refractivity contribution is 0.127. The molecule has 30 heavy (non-hydrogen) atoms. The van der Waals surface area contributed by atoms with E-state index in [1.165, 1.54) is 19.2 Å². The number of rotatable bonds is 9. The molecule has 1 aromatic carbocycles. The van der Waals surface area contributed by atoms with Crippen LogP contribution in [0, 0.1) is 18.6 Å². The molecule has 0 aliphatic heterocycles. The number of pyridine rings is 1. The number of nitrogens with zero attached hydrogens (tertiary/aromatic N) is 1. The Balaban J connectivity index is 2.09. The van der Waals surface area contributed by atoms with E-state index in [0.29, 0.717) is 18.4 Å². The van der Waals surface area contributed by atoms with Crippen LogP contribution in [-0.2, 0) is 27.9 Å². The van der Waals surface area contributed by atoms with Crippen LogP contribution in [0.1, 0.15) is 36.0 Å². The second-order valence-electron chi connectivity index (χ2n) is 7.56. The summed E-state index contributed by atoms with van der Waals surface area (Å²) in [6.45, 7) is 1.11. The highest BCUT2D eigenvalue weighted by molar-refractivity contribution is 7.94. The Morgan fingerprint density at radius 3 is 2.57 bits per heavy atom. The molecule has 1 saturated carbocycles. The molecule has 1 aromatic heterocycles. The second kappa shape index (κ2) is 8.44. The van der Waals surface area contributed by atoms with Gasteiger partial charge in [0.2, 0.25) is 10.0 Å². The maximum Gasteiger partial charge on any atom is 0.288 e. The second-order valence-corrected chi connectivity index (χ2v) is 9.64. The van der Waals surface area contributed by atoms with Crippen LogP contribution in [-0.4, -0.2) is 36.6 Å². The summed E-state index contributed by atoms with van der Waals surface area (Å²) in [4.78, 5) is 12.3. The smallest absolute Gasteiger partial charge is 0.288 e. The molecule has 10 heteroatoms. The molecule has 0 spiro atoms. The minimum Gasteiger partial charge on any atom is -0.396 e. The zero-order valence-electron chi connectivity index (χ0n) is 16.7. The number of nitrogens with one attached hydrogen (secondary N) is 1. The summed E-state index contributed by atoms with van der Waals surface area (Å²) in [6.07, 6.45) is 1.62. The van der Waals surface area contributed by atoms with Crippen LogP contribution in [0.25, 0.3) is 0 Å². The van der Waals surface area contributed by atoms with E-state index >= 15 is 0 Å². The molecule has 0 amide bonds. The summed E-state index contributed by atoms with van der Waals surface area (Å²) >= 11 is 0. The van der Waals surface area contributed by atoms with Crippen LogP contribution < -0.4 is 10.3 Å². The highest BCUT2D eigenvalue weighted by atomic mass is 32.2. The summed E-state index contributed by atoms with van der Waals surface area (Å²) in [7, 11) is -2.67. The molecule has 1 fully saturated rings. The molecule has 1 aliphatic rings. The molecule has 1 aliphatic carbocycles. The third-order valence-electron chi connectivity index (χ3n) is 5.36. The number of sulfonamides is 1. The van der Waals surface area contributed by atoms with Crippen LogP contribution in [0.2, 0.25) is 0 Å². The summed E-state index contributed by atoms with van der Waals surface area (Å²) in [5.74, 6) is -1.76. The summed E-state index contributed by atoms with van der Waals surface area (Å²) in [5.41, 5.74) is -0.612. The Morgan fingerprint density at radius 1 is 1.30 bits per heavy atom. The standard InChI is InChI=1S/C20H24F2N2O5S/c1-13-3-4-14(16(21)9-13)10-15-17(11-24(12-29-2)19(26)18(15)22)23-30(27,28)20(5-6-20)7-8-25/h3-4,9,11,23,25H,5-8,10,12H2,1-2H3. The van der Waals surface area contributed by atoms with Crippen molar-refractivity contribution in [3.05, 3.63) is 63.1 Å². The topological polar surface area (TPSA) is 97.6 Å². The van der Waals surface area contributed by atoms with Crippen molar-refractivity contribution in [2.75, 3.05) is 18.4 Å². The van der Waals surface area contributed by atoms with Crippen LogP contribution in [0.15, 0.2) is 29.2 Å². The van der Waals surface area contributed by atoms with E-state index in [-0.39, 0.29) is 43.0 Å². The van der Waals surface area contributed by atoms with Crippen LogP contribution in [0.5, 0.6) is 0 Å². The van der Waals surface area contributed by atoms with Gasteiger partial charge in [-0.25, -0.2) is 17.2 Å². The van der Waals surface area contributed by atoms with E-state index in [2.05, 4.69) is 4.72 Å². The minimum absolute atomic E-state index is 0.0461. The van der Waals surface area contributed by atoms with Gasteiger partial charge in [-0.05, 0) is 43.4 Å². The normalized spacial score (nSPS) is 15.2. The monoisotopic (exact) mass is 442 g/mol. The number of hydrogen-bond donors (Lipinski definition) is 2. The first-order valence-electron chi connectivity index (χ1n) is 9.43. The SMILES string of the molecule is COCn1cc(NS(=O)(=O)C2(CCO)CC2)c(Cc2ccc(C)cc2F)c(F)c1=O. The Bertz CT molecular complexity index is 1110. The number of hydrogen-bond acceptors (Lipinski definition) is 5. The quantitative estimate of drug-likeness (QED) is 0.621. The van der Waals surface area contributed by atoms with Crippen molar-refractivity contribution < 1.29 is 27.0 Å². The Morgan fingerprint density at radius 2 is 2.00 bits per heavy atom. The number of ether oxygens (including phenoxy) is 1. The molecule has 2 aromatic rings. The average Bonchev–Trinajstić information content (AvgIpc) is 3.46. The largest absolute Gasteiger partial charge is 0.396 e. The molecule has 164 valence electrons. The fraction of sp³-hybridized carbons (Fsp3) is 0.450. The lowest BCUT2D eigenvalue weighted by Gasteiger charge is -2.20. The third-order valence-corrected chi connectivity index (χ3v) is 7.60. The van der Waals surface area contributed by atoms with Gasteiger partial charge in [0, 0.05) is 31.9 Å². The first-order chi connectivity index (χ1) is 14.1. The lowest BCUT2D eigenvalue weighted by Crippen LogP contribution is -2.33. The van der Waals surface area contributed by atoms with Gasteiger partial charge in [0.05, 0.1) is 10.4 Å². The predicted molar refractivity (Wildman–Crippen MR) is 108 cm³/mol. The summed E-state index contributed by atoms with van der Waals surface area (Å²) in [6, 6.07) is 4.40. The first kappa shape index (κ1) is 22.4. The predicted octanol–water partition coefficient (Wildman–Crippen LogP) is 2.29. The van der Waals surface area contributed by atoms with Crippen molar-refractivity contribution in [1.82, 2.24) is 4.57 Å². The molecule has 0 radical (unpaired) electrons. The van der Waals surface area contributed by atoms with Crippen molar-refractivity contribution in [2.45, 2.75) is 44.1 Å². The fourth-order valence-corrected chi connectivity index (χ4v) is 5.08. The molecule has 0 bridgehead atoms. The number of aryl methyl sites for hydroxylation is 1. The Hall–Kier alpha value is -2.30. The van der Waals surface area contributed by atoms with Crippen LogP contribution in [0.3, 0.4) is 0 Å². The van der Waals surface area contributed by atoms with E-state index in [0.717, 1.165) is 10.8 Å². The molecule has 0 atom stereocenters. The van der Waals surface area contributed by atoms with E-state index in [4.69, 9.17) is 4.74 Å². The fourth-order valence-electron chi connectivity index (χ4n) is 3.40. The molecular formula is C20H24F2N2O5S. The third kappa shape index (κ3) is 4.26. The first-order valence-corrected chi connectivity index (χ1v) is 10.9. The van der Waals surface area contributed by atoms with Gasteiger partial charge < -0.3 is 9.84 Å². The van der Waals surface area contributed by atoms with Crippen molar-refractivity contribution in [1.29, 1.82) is 0 Å². The van der Waals surface area contributed by atoms with Gasteiger partial charge in [0.1, 0.15) is 12.5 Å². The molecule has 1 heterocycles. The molecule has 3 rings (SSSR count). The molecule has 0 saturated heterocycles. The highest BCUT2D eigenvalue weighted by Crippen LogP contribution is 2.47. The van der Waals surface area contributed by atoms with Gasteiger partial charge in [0.25, 0.3) is 5.56 Å². The molecule has 7 nitrogen and oxygen atoms in total. The van der Waals surface area contributed by atoms with Gasteiger partial charge in [-0.3, -0.25) is 14.1 Å². The van der Waals surface area contributed by atoms with Gasteiger partial charge in [-0.15, -0.1) is 0 Å². The molecular weight excluding hydrogens is 418 g/mol. The number of aliphatic hydroxyl groups is 1. The lowest BCUT2D eigenvalue weighted by atomic mass is 10.0. The van der Waals surface area contributed by atoms with Gasteiger partial charge in [-0.2, -0.15) is 0 Å². The molecule has 2 N–H and O–H groups in total. The van der Waals surface area contributed by atoms with Gasteiger partial charge in [0.15, 0.2) is 5.82 Å². The van der Waals surface area contributed by atoms with E-state index < -0.39 is 32.0 Å². The van der Waals surface area contributed by atoms with Crippen LogP contribution >= 0.6 is 0 Å². The maximum atomic E-state index is 15.0. The number of halogens is 2. The van der Waals surface area contributed by atoms with Crippen LogP contribution in [0.4, 0.5) is 14.5 Å². The van der Waals surface area contributed by atoms with Crippen molar-refractivity contribution in [2.24, 2.45) is 0 Å². The Labute approximate surface area is 173 Å². The van der Waals surface area contributed by atoms with E-state index in [9.17, 15) is 27.1 Å². The number of methoxy groups -OCH3 is 1. The summed E-state index contributed by atoms with van der Waals surface area (Å²) < 4.78 is 62.2. The number of aromatic nitrogens is 1. The van der Waals surface area contributed by atoms with Crippen molar-refractivity contribution in [3.63, 3.8) is 0 Å². The van der Waals surface area contributed by atoms with E-state index in [1.54, 1.807) is 13.0 Å².